The third-order valence-corrected chi connectivity index (χ3v) is 3.07. The molecule has 0 rings (SSSR count). The van der Waals surface area contributed by atoms with Crippen LogP contribution in [0.25, 0.3) is 0 Å². The number of carbonyl (C=O) groups is 2. The highest BCUT2D eigenvalue weighted by atomic mass is 32.2. The van der Waals surface area contributed by atoms with E-state index in [1.807, 2.05) is 13.8 Å². The molecule has 0 fully saturated rings. The van der Waals surface area contributed by atoms with Crippen molar-refractivity contribution in [2.24, 2.45) is 11.8 Å². The van der Waals surface area contributed by atoms with Crippen LogP contribution in [-0.4, -0.2) is 28.9 Å². The number of ketones is 1. The summed E-state index contributed by atoms with van der Waals surface area (Å²) in [6.45, 7) is 4.02. The van der Waals surface area contributed by atoms with Crippen molar-refractivity contribution in [2.45, 2.75) is 33.1 Å². The molecule has 0 aromatic carbocycles. The van der Waals surface area contributed by atoms with E-state index in [4.69, 9.17) is 5.11 Å². The highest BCUT2D eigenvalue weighted by Gasteiger charge is 2.18. The summed E-state index contributed by atoms with van der Waals surface area (Å²) in [5.41, 5.74) is 0. The van der Waals surface area contributed by atoms with E-state index in [2.05, 4.69) is 0 Å². The summed E-state index contributed by atoms with van der Waals surface area (Å²) in [7, 11) is 0. The van der Waals surface area contributed by atoms with Crippen molar-refractivity contribution < 1.29 is 14.7 Å². The first-order valence-corrected chi connectivity index (χ1v) is 6.44. The quantitative estimate of drug-likeness (QED) is 0.681. The monoisotopic (exact) mass is 232 g/mol. The minimum Gasteiger partial charge on any atom is -0.396 e. The molecule has 0 radical (unpaired) electrons. The largest absolute Gasteiger partial charge is 0.396 e. The Balaban J connectivity index is 3.93. The molecule has 15 heavy (non-hydrogen) atoms. The first-order valence-electron chi connectivity index (χ1n) is 5.21. The number of aliphatic hydroxyl groups is 1. The molecule has 0 aliphatic carbocycles. The summed E-state index contributed by atoms with van der Waals surface area (Å²) in [5.74, 6) is 0.264. The Morgan fingerprint density at radius 2 is 1.93 bits per heavy atom. The van der Waals surface area contributed by atoms with Gasteiger partial charge in [-0.15, -0.1) is 0 Å². The van der Waals surface area contributed by atoms with E-state index in [-0.39, 0.29) is 29.8 Å². The zero-order valence-electron chi connectivity index (χ0n) is 9.66. The van der Waals surface area contributed by atoms with Gasteiger partial charge in [0.1, 0.15) is 5.78 Å². The van der Waals surface area contributed by atoms with Crippen molar-refractivity contribution in [2.75, 3.05) is 12.9 Å². The third-order valence-electron chi connectivity index (χ3n) is 2.47. The molecule has 0 aliphatic rings. The third kappa shape index (κ3) is 6.68. The molecule has 0 saturated heterocycles. The van der Waals surface area contributed by atoms with Crippen molar-refractivity contribution >= 4 is 22.7 Å². The fourth-order valence-electron chi connectivity index (χ4n) is 1.46. The van der Waals surface area contributed by atoms with Crippen molar-refractivity contribution in [3.63, 3.8) is 0 Å². The maximum absolute atomic E-state index is 11.6. The van der Waals surface area contributed by atoms with Crippen molar-refractivity contribution in [1.29, 1.82) is 0 Å². The summed E-state index contributed by atoms with van der Waals surface area (Å²) < 4.78 is 0. The first-order chi connectivity index (χ1) is 7.01. The van der Waals surface area contributed by atoms with Gasteiger partial charge in [0.05, 0.1) is 6.42 Å². The number of carbonyl (C=O) groups excluding carboxylic acids is 2. The number of hydrogen-bond acceptors (Lipinski definition) is 4. The Morgan fingerprint density at radius 3 is 2.40 bits per heavy atom. The SMILES string of the molecule is CSC(=O)CC(=O)C(C)CC(C)CCO. The van der Waals surface area contributed by atoms with Gasteiger partial charge in [0.2, 0.25) is 0 Å². The van der Waals surface area contributed by atoms with Crippen molar-refractivity contribution in [3.05, 3.63) is 0 Å². The lowest BCUT2D eigenvalue weighted by molar-refractivity contribution is -0.126. The zero-order valence-corrected chi connectivity index (χ0v) is 10.5. The van der Waals surface area contributed by atoms with E-state index in [0.717, 1.165) is 18.2 Å². The fraction of sp³-hybridized carbons (Fsp3) is 0.818. The number of Topliss-reactive ketones (excluding diaryl/α,β-unsaturated/α-hetero) is 1. The Kier molecular flexibility index (Phi) is 7.70. The molecule has 88 valence electrons. The molecule has 0 spiro atoms. The van der Waals surface area contributed by atoms with Gasteiger partial charge < -0.3 is 5.11 Å². The highest BCUT2D eigenvalue weighted by molar-refractivity contribution is 8.13. The second-order valence-electron chi connectivity index (χ2n) is 3.97. The average molecular weight is 232 g/mol. The molecule has 1 N–H and O–H groups in total. The molecule has 0 bridgehead atoms. The van der Waals surface area contributed by atoms with Gasteiger partial charge in [-0.1, -0.05) is 25.6 Å². The summed E-state index contributed by atoms with van der Waals surface area (Å²) in [4.78, 5) is 22.6. The minimum absolute atomic E-state index is 0.0131. The second-order valence-corrected chi connectivity index (χ2v) is 4.84. The normalized spacial score (nSPS) is 14.7. The summed E-state index contributed by atoms with van der Waals surface area (Å²) >= 11 is 1.10. The van der Waals surface area contributed by atoms with Crippen LogP contribution < -0.4 is 0 Å². The zero-order chi connectivity index (χ0) is 11.8. The number of thioether (sulfide) groups is 1. The number of aliphatic hydroxyl groups excluding tert-OH is 1. The predicted octanol–water partition coefficient (Wildman–Crippen LogP) is 1.88. The minimum atomic E-state index is -0.0809. The van der Waals surface area contributed by atoms with E-state index in [0.29, 0.717) is 12.3 Å². The van der Waals surface area contributed by atoms with Gasteiger partial charge in [0.25, 0.3) is 0 Å². The second kappa shape index (κ2) is 7.88. The smallest absolute Gasteiger partial charge is 0.196 e. The summed E-state index contributed by atoms with van der Waals surface area (Å²) in [5, 5.41) is 8.66. The Hall–Kier alpha value is -0.350. The first kappa shape index (κ1) is 14.6. The van der Waals surface area contributed by atoms with E-state index in [1.54, 1.807) is 6.26 Å². The van der Waals surface area contributed by atoms with Gasteiger partial charge in [0, 0.05) is 12.5 Å². The molecule has 2 atom stereocenters. The van der Waals surface area contributed by atoms with Crippen LogP contribution in [-0.2, 0) is 9.59 Å². The lowest BCUT2D eigenvalue weighted by Gasteiger charge is -2.14. The Labute approximate surface area is 95.6 Å². The average Bonchev–Trinajstić information content (AvgIpc) is 2.17. The predicted molar refractivity (Wildman–Crippen MR) is 62.8 cm³/mol. The molecule has 0 aromatic heterocycles. The Morgan fingerprint density at radius 1 is 1.33 bits per heavy atom. The molecule has 0 aliphatic heterocycles. The van der Waals surface area contributed by atoms with E-state index >= 15 is 0 Å². The molecule has 4 heteroatoms. The van der Waals surface area contributed by atoms with Gasteiger partial charge in [-0.25, -0.2) is 0 Å². The standard InChI is InChI=1S/C11H20O3S/c1-8(4-5-12)6-9(2)10(13)7-11(14)15-3/h8-9,12H,4-7H2,1-3H3. The van der Waals surface area contributed by atoms with Gasteiger partial charge in [-0.05, 0) is 25.0 Å². The lowest BCUT2D eigenvalue weighted by atomic mass is 9.91. The van der Waals surface area contributed by atoms with Crippen LogP contribution in [0.5, 0.6) is 0 Å². The molecular formula is C11H20O3S. The van der Waals surface area contributed by atoms with Gasteiger partial charge in [0.15, 0.2) is 5.12 Å². The van der Waals surface area contributed by atoms with Crippen molar-refractivity contribution in [3.8, 4) is 0 Å². The molecule has 3 nitrogen and oxygen atoms in total. The van der Waals surface area contributed by atoms with E-state index in [1.165, 1.54) is 0 Å². The molecule has 0 amide bonds. The van der Waals surface area contributed by atoms with Crippen LogP contribution >= 0.6 is 11.8 Å². The van der Waals surface area contributed by atoms with E-state index < -0.39 is 0 Å². The van der Waals surface area contributed by atoms with Crippen LogP contribution in [0.3, 0.4) is 0 Å². The maximum Gasteiger partial charge on any atom is 0.196 e. The molecule has 0 heterocycles. The summed E-state index contributed by atoms with van der Waals surface area (Å²) in [6.07, 6.45) is 3.19. The highest BCUT2D eigenvalue weighted by Crippen LogP contribution is 2.17. The fourth-order valence-corrected chi connectivity index (χ4v) is 1.75. The van der Waals surface area contributed by atoms with Crippen LogP contribution in [0.2, 0.25) is 0 Å². The molecule has 2 unspecified atom stereocenters. The maximum atomic E-state index is 11.6. The van der Waals surface area contributed by atoms with E-state index in [9.17, 15) is 9.59 Å². The van der Waals surface area contributed by atoms with Gasteiger partial charge in [-0.3, -0.25) is 9.59 Å². The lowest BCUT2D eigenvalue weighted by Crippen LogP contribution is -2.17. The van der Waals surface area contributed by atoms with Crippen LogP contribution in [0.1, 0.15) is 33.1 Å². The van der Waals surface area contributed by atoms with Crippen LogP contribution in [0.15, 0.2) is 0 Å². The van der Waals surface area contributed by atoms with Crippen LogP contribution in [0, 0.1) is 11.8 Å². The van der Waals surface area contributed by atoms with Gasteiger partial charge >= 0.3 is 0 Å². The number of rotatable bonds is 7. The van der Waals surface area contributed by atoms with Crippen molar-refractivity contribution in [1.82, 2.24) is 0 Å². The topological polar surface area (TPSA) is 54.4 Å². The molecule has 0 saturated carbocycles. The Bertz CT molecular complexity index is 216. The number of hydrogen-bond donors (Lipinski definition) is 1. The molecule has 0 aromatic rings. The summed E-state index contributed by atoms with van der Waals surface area (Å²) in [6, 6.07) is 0. The van der Waals surface area contributed by atoms with Crippen LogP contribution in [0.4, 0.5) is 0 Å². The molecular weight excluding hydrogens is 212 g/mol. The van der Waals surface area contributed by atoms with Gasteiger partial charge in [-0.2, -0.15) is 0 Å².